The van der Waals surface area contributed by atoms with Gasteiger partial charge in [-0.25, -0.2) is 0 Å². The number of hydrogen-bond acceptors (Lipinski definition) is 5. The quantitative estimate of drug-likeness (QED) is 0.298. The Morgan fingerprint density at radius 3 is 1.85 bits per heavy atom. The van der Waals surface area contributed by atoms with Gasteiger partial charge in [0.2, 0.25) is 0 Å². The standard InChI is InChI=1S/C29H42O5/c1-19(2)18-23(20(3)4)21-12-14-22(15-13-21)33-17-16-26(30)34-27-24(28(5,6)31)10-9-11-25(27)29(7,8)32/h9-15,19-20,23,31-32H,16-18H2,1-8H3. The van der Waals surface area contributed by atoms with E-state index in [9.17, 15) is 15.0 Å². The first-order valence-electron chi connectivity index (χ1n) is 12.2. The van der Waals surface area contributed by atoms with Crippen molar-refractivity contribution in [1.29, 1.82) is 0 Å². The molecule has 0 fully saturated rings. The lowest BCUT2D eigenvalue weighted by Crippen LogP contribution is -2.25. The van der Waals surface area contributed by atoms with E-state index in [1.54, 1.807) is 45.9 Å². The fraction of sp³-hybridized carbons (Fsp3) is 0.552. The Bertz CT molecular complexity index is 898. The zero-order chi connectivity index (χ0) is 25.7. The lowest BCUT2D eigenvalue weighted by Gasteiger charge is -2.27. The molecule has 0 aliphatic rings. The van der Waals surface area contributed by atoms with Gasteiger partial charge in [0, 0.05) is 11.1 Å². The van der Waals surface area contributed by atoms with Crippen molar-refractivity contribution in [2.24, 2.45) is 11.8 Å². The van der Waals surface area contributed by atoms with Crippen molar-refractivity contribution in [2.75, 3.05) is 6.61 Å². The lowest BCUT2D eigenvalue weighted by molar-refractivity contribution is -0.135. The molecule has 1 unspecified atom stereocenters. The third-order valence-electron chi connectivity index (χ3n) is 5.96. The third kappa shape index (κ3) is 7.85. The summed E-state index contributed by atoms with van der Waals surface area (Å²) in [6.45, 7) is 15.6. The summed E-state index contributed by atoms with van der Waals surface area (Å²) in [4.78, 5) is 12.6. The van der Waals surface area contributed by atoms with Crippen molar-refractivity contribution in [3.63, 3.8) is 0 Å². The SMILES string of the molecule is CC(C)CC(c1ccc(OCCC(=O)Oc2c(C(C)(C)O)cccc2C(C)(C)O)cc1)C(C)C. The molecule has 0 aliphatic carbocycles. The summed E-state index contributed by atoms with van der Waals surface area (Å²) in [5.74, 6) is 2.11. The summed E-state index contributed by atoms with van der Waals surface area (Å²) >= 11 is 0. The van der Waals surface area contributed by atoms with E-state index >= 15 is 0 Å². The van der Waals surface area contributed by atoms with Crippen molar-refractivity contribution in [3.8, 4) is 11.5 Å². The average Bonchev–Trinajstić information content (AvgIpc) is 2.71. The highest BCUT2D eigenvalue weighted by molar-refractivity contribution is 5.74. The fourth-order valence-corrected chi connectivity index (χ4v) is 4.14. The Morgan fingerprint density at radius 2 is 1.41 bits per heavy atom. The Balaban J connectivity index is 2.04. The molecule has 34 heavy (non-hydrogen) atoms. The van der Waals surface area contributed by atoms with Crippen molar-refractivity contribution >= 4 is 5.97 Å². The largest absolute Gasteiger partial charge is 0.493 e. The summed E-state index contributed by atoms with van der Waals surface area (Å²) in [5, 5.41) is 21.1. The molecule has 2 aromatic rings. The molecular weight excluding hydrogens is 428 g/mol. The summed E-state index contributed by atoms with van der Waals surface area (Å²) in [7, 11) is 0. The molecule has 0 saturated heterocycles. The van der Waals surface area contributed by atoms with Gasteiger partial charge in [0.15, 0.2) is 0 Å². The molecule has 0 heterocycles. The molecule has 0 bridgehead atoms. The molecule has 0 radical (unpaired) electrons. The first-order valence-corrected chi connectivity index (χ1v) is 12.2. The highest BCUT2D eigenvalue weighted by atomic mass is 16.5. The van der Waals surface area contributed by atoms with E-state index in [0.29, 0.717) is 34.6 Å². The van der Waals surface area contributed by atoms with Gasteiger partial charge >= 0.3 is 5.97 Å². The Morgan fingerprint density at radius 1 is 0.882 bits per heavy atom. The highest BCUT2D eigenvalue weighted by Crippen LogP contribution is 2.38. The monoisotopic (exact) mass is 470 g/mol. The Labute approximate surface area is 205 Å². The van der Waals surface area contributed by atoms with Crippen LogP contribution in [0.25, 0.3) is 0 Å². The number of carbonyl (C=O) groups excluding carboxylic acids is 1. The molecule has 0 aromatic heterocycles. The van der Waals surface area contributed by atoms with E-state index in [1.165, 1.54) is 5.56 Å². The predicted octanol–water partition coefficient (Wildman–Crippen LogP) is 6.30. The zero-order valence-electron chi connectivity index (χ0n) is 22.0. The van der Waals surface area contributed by atoms with Crippen LogP contribution in [-0.2, 0) is 16.0 Å². The summed E-state index contributed by atoms with van der Waals surface area (Å²) in [6, 6.07) is 13.2. The molecule has 0 aliphatic heterocycles. The van der Waals surface area contributed by atoms with Crippen LogP contribution >= 0.6 is 0 Å². The number of aliphatic hydroxyl groups is 2. The molecule has 2 rings (SSSR count). The molecule has 5 nitrogen and oxygen atoms in total. The number of esters is 1. The minimum Gasteiger partial charge on any atom is -0.493 e. The molecule has 2 aromatic carbocycles. The maximum atomic E-state index is 12.6. The van der Waals surface area contributed by atoms with Gasteiger partial charge in [-0.05, 0) is 69.6 Å². The molecular formula is C29H42O5. The van der Waals surface area contributed by atoms with Crippen molar-refractivity contribution < 1.29 is 24.5 Å². The number of para-hydroxylation sites is 1. The van der Waals surface area contributed by atoms with Gasteiger partial charge in [0.05, 0.1) is 24.2 Å². The normalized spacial score (nSPS) is 13.3. The second-order valence-electron chi connectivity index (χ2n) is 10.9. The molecule has 2 N–H and O–H groups in total. The summed E-state index contributed by atoms with van der Waals surface area (Å²) < 4.78 is 11.4. The smallest absolute Gasteiger partial charge is 0.314 e. The van der Waals surface area contributed by atoms with Crippen LogP contribution < -0.4 is 9.47 Å². The van der Waals surface area contributed by atoms with Crippen LogP contribution in [0, 0.1) is 11.8 Å². The van der Waals surface area contributed by atoms with Crippen LogP contribution in [0.1, 0.15) is 90.8 Å². The molecule has 0 spiro atoms. The highest BCUT2D eigenvalue weighted by Gasteiger charge is 2.30. The summed E-state index contributed by atoms with van der Waals surface area (Å²) in [6.07, 6.45) is 1.18. The van der Waals surface area contributed by atoms with Crippen LogP contribution in [-0.4, -0.2) is 22.8 Å². The van der Waals surface area contributed by atoms with Crippen molar-refractivity contribution in [3.05, 3.63) is 59.2 Å². The molecule has 1 atom stereocenters. The van der Waals surface area contributed by atoms with Gasteiger partial charge in [0.1, 0.15) is 11.5 Å². The van der Waals surface area contributed by atoms with E-state index in [4.69, 9.17) is 9.47 Å². The van der Waals surface area contributed by atoms with Crippen molar-refractivity contribution in [1.82, 2.24) is 0 Å². The molecule has 0 amide bonds. The van der Waals surface area contributed by atoms with Crippen LogP contribution in [0.2, 0.25) is 0 Å². The van der Waals surface area contributed by atoms with E-state index in [-0.39, 0.29) is 18.8 Å². The van der Waals surface area contributed by atoms with Gasteiger partial charge in [-0.2, -0.15) is 0 Å². The number of ether oxygens (including phenoxy) is 2. The second kappa shape index (κ2) is 11.4. The van der Waals surface area contributed by atoms with Gasteiger partial charge in [-0.1, -0.05) is 58.0 Å². The minimum absolute atomic E-state index is 0.0369. The van der Waals surface area contributed by atoms with E-state index < -0.39 is 17.2 Å². The van der Waals surface area contributed by atoms with Gasteiger partial charge < -0.3 is 19.7 Å². The topological polar surface area (TPSA) is 76.0 Å². The fourth-order valence-electron chi connectivity index (χ4n) is 4.14. The van der Waals surface area contributed by atoms with Crippen molar-refractivity contribution in [2.45, 2.75) is 85.4 Å². The first-order chi connectivity index (χ1) is 15.7. The number of rotatable bonds is 11. The number of carbonyl (C=O) groups is 1. The lowest BCUT2D eigenvalue weighted by atomic mass is 9.82. The van der Waals surface area contributed by atoms with Crippen LogP contribution in [0.15, 0.2) is 42.5 Å². The average molecular weight is 471 g/mol. The molecule has 0 saturated carbocycles. The second-order valence-corrected chi connectivity index (χ2v) is 10.9. The van der Waals surface area contributed by atoms with Crippen LogP contribution in [0.5, 0.6) is 11.5 Å². The number of benzene rings is 2. The van der Waals surface area contributed by atoms with E-state index in [1.807, 2.05) is 12.1 Å². The van der Waals surface area contributed by atoms with Crippen LogP contribution in [0.3, 0.4) is 0 Å². The molecule has 5 heteroatoms. The van der Waals surface area contributed by atoms with E-state index in [2.05, 4.69) is 39.8 Å². The zero-order valence-corrected chi connectivity index (χ0v) is 22.0. The number of hydrogen-bond donors (Lipinski definition) is 2. The Kier molecular flexibility index (Phi) is 9.32. The van der Waals surface area contributed by atoms with Crippen LogP contribution in [0.4, 0.5) is 0 Å². The van der Waals surface area contributed by atoms with Gasteiger partial charge in [-0.3, -0.25) is 4.79 Å². The Hall–Kier alpha value is -2.37. The van der Waals surface area contributed by atoms with Gasteiger partial charge in [0.25, 0.3) is 0 Å². The minimum atomic E-state index is -1.24. The maximum Gasteiger partial charge on any atom is 0.314 e. The maximum absolute atomic E-state index is 12.6. The third-order valence-corrected chi connectivity index (χ3v) is 5.96. The first kappa shape index (κ1) is 27.9. The van der Waals surface area contributed by atoms with E-state index in [0.717, 1.165) is 6.42 Å². The predicted molar refractivity (Wildman–Crippen MR) is 136 cm³/mol. The van der Waals surface area contributed by atoms with Gasteiger partial charge in [-0.15, -0.1) is 0 Å². The summed E-state index contributed by atoms with van der Waals surface area (Å²) in [5.41, 5.74) is -0.286. The molecule has 188 valence electrons.